The minimum Gasteiger partial charge on any atom is -0.355 e. The second-order valence-electron chi connectivity index (χ2n) is 6.64. The maximum absolute atomic E-state index is 11.4. The molecule has 1 aliphatic heterocycles. The molecular weight excluding hydrogens is 477 g/mol. The van der Waals surface area contributed by atoms with Gasteiger partial charge in [-0.1, -0.05) is 30.3 Å². The van der Waals surface area contributed by atoms with Crippen molar-refractivity contribution in [1.82, 2.24) is 20.3 Å². The number of nitrogens with zero attached hydrogens (tertiary/aromatic N) is 2. The van der Waals surface area contributed by atoms with Crippen molar-refractivity contribution in [2.75, 3.05) is 32.4 Å². The molecule has 0 amide bonds. The van der Waals surface area contributed by atoms with Gasteiger partial charge in [0.1, 0.15) is 0 Å². The van der Waals surface area contributed by atoms with Gasteiger partial charge in [-0.15, -0.1) is 24.0 Å². The number of hydrogen-bond acceptors (Lipinski definition) is 4. The summed E-state index contributed by atoms with van der Waals surface area (Å²) in [5.74, 6) is 0.802. The topological polar surface area (TPSA) is 85.8 Å². The minimum absolute atomic E-state index is 0. The number of guanidine groups is 1. The molecule has 1 aliphatic rings. The molecule has 0 radical (unpaired) electrons. The Balaban J connectivity index is 0.00000364. The molecule has 3 N–H and O–H groups in total. The van der Waals surface area contributed by atoms with Crippen LogP contribution in [-0.2, 0) is 16.6 Å². The fourth-order valence-corrected chi connectivity index (χ4v) is 3.74. The Kier molecular flexibility index (Phi) is 10.6. The molecule has 1 saturated heterocycles. The summed E-state index contributed by atoms with van der Waals surface area (Å²) in [6.07, 6.45) is 1.05. The van der Waals surface area contributed by atoms with Gasteiger partial charge in [-0.2, -0.15) is 0 Å². The van der Waals surface area contributed by atoms with Gasteiger partial charge in [0.25, 0.3) is 0 Å². The number of benzene rings is 1. The first kappa shape index (κ1) is 24.1. The molecule has 1 fully saturated rings. The summed E-state index contributed by atoms with van der Waals surface area (Å²) >= 11 is 0. The Bertz CT molecular complexity index is 684. The Morgan fingerprint density at radius 3 is 2.59 bits per heavy atom. The third-order valence-electron chi connectivity index (χ3n) is 4.62. The van der Waals surface area contributed by atoms with Gasteiger partial charge in [0, 0.05) is 45.3 Å². The third-order valence-corrected chi connectivity index (χ3v) is 6.02. The van der Waals surface area contributed by atoms with Crippen LogP contribution in [0.2, 0.25) is 0 Å². The lowest BCUT2D eigenvalue weighted by Crippen LogP contribution is -2.46. The Morgan fingerprint density at radius 1 is 1.26 bits per heavy atom. The van der Waals surface area contributed by atoms with Crippen molar-refractivity contribution in [2.24, 2.45) is 4.99 Å². The van der Waals surface area contributed by atoms with Gasteiger partial charge in [0.15, 0.2) is 5.96 Å². The lowest BCUT2D eigenvalue weighted by molar-refractivity contribution is 0.258. The van der Waals surface area contributed by atoms with E-state index >= 15 is 0 Å². The summed E-state index contributed by atoms with van der Waals surface area (Å²) in [5, 5.41) is 6.61. The molecule has 0 spiro atoms. The maximum atomic E-state index is 11.4. The fraction of sp³-hybridized carbons (Fsp3) is 0.611. The zero-order chi connectivity index (χ0) is 19.0. The summed E-state index contributed by atoms with van der Waals surface area (Å²) in [6, 6.07) is 11.3. The van der Waals surface area contributed by atoms with Gasteiger partial charge in [-0.05, 0) is 25.8 Å². The monoisotopic (exact) mass is 509 g/mol. The molecule has 1 heterocycles. The van der Waals surface area contributed by atoms with Gasteiger partial charge in [-0.3, -0.25) is 9.89 Å². The highest BCUT2D eigenvalue weighted by Crippen LogP contribution is 2.20. The van der Waals surface area contributed by atoms with Gasteiger partial charge in [0.2, 0.25) is 10.0 Å². The summed E-state index contributed by atoms with van der Waals surface area (Å²) in [5.41, 5.74) is 1.32. The number of aliphatic imine (C=N–C) groups is 1. The molecule has 2 atom stereocenters. The van der Waals surface area contributed by atoms with Gasteiger partial charge < -0.3 is 10.6 Å². The lowest BCUT2D eigenvalue weighted by Gasteiger charge is -2.21. The van der Waals surface area contributed by atoms with Crippen molar-refractivity contribution in [3.8, 4) is 0 Å². The van der Waals surface area contributed by atoms with Crippen LogP contribution in [-0.4, -0.2) is 63.8 Å². The number of nitrogens with one attached hydrogen (secondary N) is 3. The molecular formula is C18H32IN5O2S. The van der Waals surface area contributed by atoms with Crippen LogP contribution < -0.4 is 15.4 Å². The van der Waals surface area contributed by atoms with E-state index in [0.717, 1.165) is 19.5 Å². The van der Waals surface area contributed by atoms with E-state index in [1.54, 1.807) is 14.0 Å². The van der Waals surface area contributed by atoms with E-state index in [4.69, 9.17) is 0 Å². The summed E-state index contributed by atoms with van der Waals surface area (Å²) in [7, 11) is -1.42. The van der Waals surface area contributed by atoms with Crippen LogP contribution in [0.3, 0.4) is 0 Å². The van der Waals surface area contributed by atoms with Crippen LogP contribution in [0.15, 0.2) is 35.3 Å². The molecule has 0 aliphatic carbocycles. The van der Waals surface area contributed by atoms with Crippen LogP contribution in [0, 0.1) is 0 Å². The number of sulfonamides is 1. The Morgan fingerprint density at radius 2 is 1.96 bits per heavy atom. The van der Waals surface area contributed by atoms with E-state index in [0.29, 0.717) is 31.1 Å². The average Bonchev–Trinajstić information content (AvgIpc) is 2.97. The highest BCUT2D eigenvalue weighted by Gasteiger charge is 2.29. The van der Waals surface area contributed by atoms with E-state index in [2.05, 4.69) is 56.4 Å². The zero-order valence-electron chi connectivity index (χ0n) is 16.3. The molecule has 27 heavy (non-hydrogen) atoms. The van der Waals surface area contributed by atoms with E-state index in [-0.39, 0.29) is 29.7 Å². The highest BCUT2D eigenvalue weighted by atomic mass is 127. The lowest BCUT2D eigenvalue weighted by atomic mass is 10.2. The van der Waals surface area contributed by atoms with Crippen LogP contribution in [0.5, 0.6) is 0 Å². The second kappa shape index (κ2) is 11.8. The predicted molar refractivity (Wildman–Crippen MR) is 122 cm³/mol. The van der Waals surface area contributed by atoms with Crippen molar-refractivity contribution in [3.63, 3.8) is 0 Å². The molecule has 9 heteroatoms. The van der Waals surface area contributed by atoms with E-state index in [9.17, 15) is 8.42 Å². The molecule has 1 aromatic carbocycles. The molecule has 2 unspecified atom stereocenters. The Hall–Kier alpha value is -0.910. The van der Waals surface area contributed by atoms with Gasteiger partial charge in [-0.25, -0.2) is 13.1 Å². The zero-order valence-corrected chi connectivity index (χ0v) is 19.5. The standard InChI is InChI=1S/C18H31N5O2S.HI/c1-4-26(24,25)21-11-10-20-18(19-3)22-17-12-15(2)23(14-17)13-16-8-6-5-7-9-16;/h5-9,15,17,21H,4,10-14H2,1-3H3,(H2,19,20,22);1H. The first-order valence-electron chi connectivity index (χ1n) is 9.16. The molecule has 0 bridgehead atoms. The van der Waals surface area contributed by atoms with Crippen LogP contribution in [0.1, 0.15) is 25.8 Å². The van der Waals surface area contributed by atoms with Crippen LogP contribution >= 0.6 is 24.0 Å². The fourth-order valence-electron chi connectivity index (χ4n) is 3.12. The second-order valence-corrected chi connectivity index (χ2v) is 8.73. The van der Waals surface area contributed by atoms with Crippen LogP contribution in [0.4, 0.5) is 0 Å². The van der Waals surface area contributed by atoms with Crippen molar-refractivity contribution in [2.45, 2.75) is 38.9 Å². The molecule has 7 nitrogen and oxygen atoms in total. The van der Waals surface area contributed by atoms with Gasteiger partial charge in [0.05, 0.1) is 5.75 Å². The third kappa shape index (κ3) is 8.32. The number of likely N-dealkylation sites (tertiary alicyclic amines) is 1. The molecule has 154 valence electrons. The first-order valence-corrected chi connectivity index (χ1v) is 10.8. The summed E-state index contributed by atoms with van der Waals surface area (Å²) in [6.45, 7) is 6.62. The Labute approximate surface area is 180 Å². The van der Waals surface area contributed by atoms with E-state index in [1.165, 1.54) is 5.56 Å². The largest absolute Gasteiger partial charge is 0.355 e. The average molecular weight is 509 g/mol. The van der Waals surface area contributed by atoms with Gasteiger partial charge >= 0.3 is 0 Å². The predicted octanol–water partition coefficient (Wildman–Crippen LogP) is 1.37. The molecule has 2 rings (SSSR count). The van der Waals surface area contributed by atoms with Crippen molar-refractivity contribution >= 4 is 40.0 Å². The molecule has 0 aromatic heterocycles. The number of hydrogen-bond donors (Lipinski definition) is 3. The molecule has 1 aromatic rings. The summed E-state index contributed by atoms with van der Waals surface area (Å²) < 4.78 is 25.4. The van der Waals surface area contributed by atoms with Crippen molar-refractivity contribution < 1.29 is 8.42 Å². The quantitative estimate of drug-likeness (QED) is 0.213. The SMILES string of the molecule is CCS(=O)(=O)NCCNC(=NC)NC1CC(C)N(Cc2ccccc2)C1.I. The van der Waals surface area contributed by atoms with E-state index in [1.807, 2.05) is 6.07 Å². The van der Waals surface area contributed by atoms with Crippen molar-refractivity contribution in [1.29, 1.82) is 0 Å². The van der Waals surface area contributed by atoms with E-state index < -0.39 is 10.0 Å². The summed E-state index contributed by atoms with van der Waals surface area (Å²) in [4.78, 5) is 6.71. The number of halogens is 1. The van der Waals surface area contributed by atoms with Crippen LogP contribution in [0.25, 0.3) is 0 Å². The van der Waals surface area contributed by atoms with Crippen molar-refractivity contribution in [3.05, 3.63) is 35.9 Å². The normalized spacial score (nSPS) is 20.9. The maximum Gasteiger partial charge on any atom is 0.211 e. The molecule has 0 saturated carbocycles. The first-order chi connectivity index (χ1) is 12.4. The minimum atomic E-state index is -3.15. The number of rotatable bonds is 8. The smallest absolute Gasteiger partial charge is 0.211 e. The highest BCUT2D eigenvalue weighted by molar-refractivity contribution is 14.0.